The van der Waals surface area contributed by atoms with Gasteiger partial charge in [-0.3, -0.25) is 24.6 Å². The largest absolute Gasteiger partial charge is 0.448 e. The molecule has 2 amide bonds. The molecule has 3 rings (SSSR count). The van der Waals surface area contributed by atoms with Gasteiger partial charge in [-0.05, 0) is 25.1 Å². The zero-order valence-electron chi connectivity index (χ0n) is 16.1. The summed E-state index contributed by atoms with van der Waals surface area (Å²) in [7, 11) is 1.37. The average Bonchev–Trinajstić information content (AvgIpc) is 3.07. The van der Waals surface area contributed by atoms with E-state index in [-0.39, 0.29) is 22.8 Å². The van der Waals surface area contributed by atoms with E-state index in [9.17, 15) is 37.7 Å². The first-order valence-corrected chi connectivity index (χ1v) is 8.72. The van der Waals surface area contributed by atoms with Gasteiger partial charge in [-0.15, -0.1) is 0 Å². The molecule has 0 aliphatic carbocycles. The number of carbonyl (C=O) groups is 3. The number of aromatic nitrogens is 1. The highest BCUT2D eigenvalue weighted by Gasteiger charge is 2.36. The molecule has 1 unspecified atom stereocenters. The molecule has 1 atom stereocenters. The van der Waals surface area contributed by atoms with Crippen molar-refractivity contribution >= 4 is 34.8 Å². The normalized spacial score (nSPS) is 14.5. The number of halogens is 3. The van der Waals surface area contributed by atoms with Crippen molar-refractivity contribution in [1.82, 2.24) is 4.57 Å². The van der Waals surface area contributed by atoms with Gasteiger partial charge in [0, 0.05) is 13.1 Å². The third-order valence-corrected chi connectivity index (χ3v) is 4.50. The lowest BCUT2D eigenvalue weighted by Crippen LogP contribution is -2.47. The average molecular weight is 440 g/mol. The molecule has 10 nitrogen and oxygen atoms in total. The molecule has 1 aromatic heterocycles. The summed E-state index contributed by atoms with van der Waals surface area (Å²) in [4.78, 5) is 48.1. The number of alkyl halides is 3. The Bertz CT molecular complexity index is 1090. The van der Waals surface area contributed by atoms with Gasteiger partial charge in [-0.1, -0.05) is 0 Å². The van der Waals surface area contributed by atoms with Crippen LogP contribution in [-0.2, 0) is 27.5 Å². The first-order valence-electron chi connectivity index (χ1n) is 8.72. The van der Waals surface area contributed by atoms with Crippen molar-refractivity contribution in [2.75, 3.05) is 16.8 Å². The number of fused-ring (bicyclic) bond motifs is 1. The molecule has 13 heteroatoms. The zero-order valence-corrected chi connectivity index (χ0v) is 16.1. The van der Waals surface area contributed by atoms with Gasteiger partial charge in [0.05, 0.1) is 28.1 Å². The van der Waals surface area contributed by atoms with Crippen LogP contribution in [-0.4, -0.2) is 39.9 Å². The van der Waals surface area contributed by atoms with Crippen LogP contribution in [0.5, 0.6) is 0 Å². The van der Waals surface area contributed by atoms with Gasteiger partial charge in [-0.2, -0.15) is 13.2 Å². The van der Waals surface area contributed by atoms with Crippen LogP contribution in [0.2, 0.25) is 0 Å². The zero-order chi connectivity index (χ0) is 23.1. The number of anilines is 2. The van der Waals surface area contributed by atoms with E-state index in [1.165, 1.54) is 14.0 Å². The minimum Gasteiger partial charge on any atom is -0.448 e. The van der Waals surface area contributed by atoms with Crippen LogP contribution in [0.25, 0.3) is 0 Å². The topological polar surface area (TPSA) is 124 Å². The molecule has 2 aromatic rings. The number of ether oxygens (including phenoxy) is 1. The summed E-state index contributed by atoms with van der Waals surface area (Å²) in [6, 6.07) is 3.47. The summed E-state index contributed by atoms with van der Waals surface area (Å²) >= 11 is 0. The first-order chi connectivity index (χ1) is 14.4. The smallest absolute Gasteiger partial charge is 0.416 e. The highest BCUT2D eigenvalue weighted by atomic mass is 19.4. The number of nitro groups is 1. The highest BCUT2D eigenvalue weighted by Crippen LogP contribution is 2.37. The van der Waals surface area contributed by atoms with Gasteiger partial charge in [0.1, 0.15) is 12.2 Å². The van der Waals surface area contributed by atoms with Gasteiger partial charge < -0.3 is 14.6 Å². The Morgan fingerprint density at radius 3 is 2.55 bits per heavy atom. The second-order valence-corrected chi connectivity index (χ2v) is 6.70. The predicted octanol–water partition coefficient (Wildman–Crippen LogP) is 2.48. The molecule has 0 saturated heterocycles. The maximum atomic E-state index is 12.9. The van der Waals surface area contributed by atoms with E-state index >= 15 is 0 Å². The fourth-order valence-corrected chi connectivity index (χ4v) is 3.00. The third kappa shape index (κ3) is 4.34. The molecule has 0 fully saturated rings. The van der Waals surface area contributed by atoms with E-state index in [1.54, 1.807) is 0 Å². The minimum absolute atomic E-state index is 0.00926. The van der Waals surface area contributed by atoms with Crippen LogP contribution in [0.15, 0.2) is 30.5 Å². The number of hydrogen-bond acceptors (Lipinski definition) is 6. The third-order valence-electron chi connectivity index (χ3n) is 4.50. The van der Waals surface area contributed by atoms with Crippen molar-refractivity contribution in [2.45, 2.75) is 19.2 Å². The number of benzene rings is 1. The van der Waals surface area contributed by atoms with Crippen LogP contribution >= 0.6 is 0 Å². The summed E-state index contributed by atoms with van der Waals surface area (Å²) in [5.74, 6) is -2.60. The van der Waals surface area contributed by atoms with Crippen LogP contribution in [0.1, 0.15) is 23.0 Å². The Labute approximate surface area is 172 Å². The highest BCUT2D eigenvalue weighted by molar-refractivity contribution is 6.11. The molecule has 0 radical (unpaired) electrons. The summed E-state index contributed by atoms with van der Waals surface area (Å²) in [6.07, 6.45) is -4.98. The number of carbonyl (C=O) groups excluding carboxylic acids is 3. The lowest BCUT2D eigenvalue weighted by atomic mass is 10.1. The quantitative estimate of drug-likeness (QED) is 0.443. The molecule has 1 aliphatic rings. The van der Waals surface area contributed by atoms with Crippen molar-refractivity contribution in [1.29, 1.82) is 0 Å². The number of nitrogens with one attached hydrogen (secondary N) is 1. The van der Waals surface area contributed by atoms with Gasteiger partial charge in [0.2, 0.25) is 5.91 Å². The van der Waals surface area contributed by atoms with Crippen molar-refractivity contribution in [3.05, 3.63) is 51.8 Å². The molecule has 164 valence electrons. The number of aryl methyl sites for hydroxylation is 1. The molecule has 31 heavy (non-hydrogen) atoms. The molecular formula is C18H15F3N4O6. The molecule has 1 aliphatic heterocycles. The molecule has 1 N–H and O–H groups in total. The van der Waals surface area contributed by atoms with Crippen molar-refractivity contribution in [2.24, 2.45) is 7.05 Å². The Morgan fingerprint density at radius 1 is 1.29 bits per heavy atom. The Hall–Kier alpha value is -3.90. The van der Waals surface area contributed by atoms with E-state index < -0.39 is 47.1 Å². The predicted molar refractivity (Wildman–Crippen MR) is 99.4 cm³/mol. The lowest BCUT2D eigenvalue weighted by molar-refractivity contribution is -0.384. The van der Waals surface area contributed by atoms with Crippen molar-refractivity contribution < 1.29 is 37.2 Å². The van der Waals surface area contributed by atoms with Crippen molar-refractivity contribution in [3.8, 4) is 0 Å². The second-order valence-electron chi connectivity index (χ2n) is 6.70. The van der Waals surface area contributed by atoms with Gasteiger partial charge in [0.25, 0.3) is 11.6 Å². The van der Waals surface area contributed by atoms with Gasteiger partial charge in [-0.25, -0.2) is 4.79 Å². The number of hydrogen-bond donors (Lipinski definition) is 1. The summed E-state index contributed by atoms with van der Waals surface area (Å²) in [5, 5.41) is 13.1. The molecular weight excluding hydrogens is 425 g/mol. The maximum absolute atomic E-state index is 12.9. The van der Waals surface area contributed by atoms with Crippen molar-refractivity contribution in [3.63, 3.8) is 0 Å². The van der Waals surface area contributed by atoms with Crippen LogP contribution in [0.4, 0.5) is 30.2 Å². The fraction of sp³-hybridized carbons (Fsp3) is 0.278. The second kappa shape index (κ2) is 7.74. The SMILES string of the molecule is CC(OC(=O)c1cc([N+](=O)[O-])cn1C)C(=O)N1CC(=O)Nc2cc(C(F)(F)F)ccc21. The molecule has 0 saturated carbocycles. The van der Waals surface area contributed by atoms with Crippen LogP contribution < -0.4 is 10.2 Å². The van der Waals surface area contributed by atoms with Gasteiger partial charge in [0.15, 0.2) is 6.10 Å². The van der Waals surface area contributed by atoms with E-state index in [0.29, 0.717) is 6.07 Å². The van der Waals surface area contributed by atoms with Gasteiger partial charge >= 0.3 is 12.1 Å². The van der Waals surface area contributed by atoms with Crippen LogP contribution in [0.3, 0.4) is 0 Å². The standard InChI is InChI=1S/C18H15F3N4O6/c1-9(31-17(28)14-6-11(25(29)30)7-23(14)2)16(27)24-8-15(26)22-12-5-10(18(19,20)21)3-4-13(12)24/h3-7,9H,8H2,1-2H3,(H,22,26). The maximum Gasteiger partial charge on any atom is 0.416 e. The molecule has 0 bridgehead atoms. The Balaban J connectivity index is 1.82. The van der Waals surface area contributed by atoms with Crippen LogP contribution in [0, 0.1) is 10.1 Å². The molecule has 1 aromatic carbocycles. The van der Waals surface area contributed by atoms with E-state index in [0.717, 1.165) is 33.9 Å². The molecule has 0 spiro atoms. The fourth-order valence-electron chi connectivity index (χ4n) is 3.00. The summed E-state index contributed by atoms with van der Waals surface area (Å²) < 4.78 is 45.0. The molecule has 2 heterocycles. The summed E-state index contributed by atoms with van der Waals surface area (Å²) in [6.45, 7) is 0.725. The lowest BCUT2D eigenvalue weighted by Gasteiger charge is -2.31. The Morgan fingerprint density at radius 2 is 1.97 bits per heavy atom. The van der Waals surface area contributed by atoms with E-state index in [4.69, 9.17) is 4.74 Å². The van der Waals surface area contributed by atoms with E-state index in [2.05, 4.69) is 5.32 Å². The summed E-state index contributed by atoms with van der Waals surface area (Å²) in [5.41, 5.74) is -1.75. The number of nitrogens with zero attached hydrogens (tertiary/aromatic N) is 3. The first kappa shape index (κ1) is 21.8. The monoisotopic (exact) mass is 440 g/mol. The van der Waals surface area contributed by atoms with E-state index in [1.807, 2.05) is 0 Å². The Kier molecular flexibility index (Phi) is 5.44. The number of rotatable bonds is 4. The minimum atomic E-state index is -4.65. The number of amides is 2. The number of esters is 1.